The Morgan fingerprint density at radius 2 is 2.02 bits per heavy atom. The lowest BCUT2D eigenvalue weighted by Crippen LogP contribution is -2.53. The lowest BCUT2D eigenvalue weighted by atomic mass is 10.0. The molecule has 42 heavy (non-hydrogen) atoms. The number of nitrogens with zero attached hydrogens (tertiary/aromatic N) is 7. The highest BCUT2D eigenvalue weighted by Gasteiger charge is 2.31. The monoisotopic (exact) mass is 571 g/mol. The van der Waals surface area contributed by atoms with Crippen molar-refractivity contribution in [2.75, 3.05) is 23.3 Å². The predicted octanol–water partition coefficient (Wildman–Crippen LogP) is 4.51. The molecule has 13 heteroatoms. The van der Waals surface area contributed by atoms with E-state index in [1.807, 2.05) is 11.0 Å². The fraction of sp³-hybridized carbons (Fsp3) is 0.241. The number of piperidine rings is 1. The quantitative estimate of drug-likeness (QED) is 0.272. The smallest absolute Gasteiger partial charge is 0.243 e. The summed E-state index contributed by atoms with van der Waals surface area (Å²) in [6.07, 6.45) is 1.53. The van der Waals surface area contributed by atoms with Gasteiger partial charge in [-0.25, -0.2) is 28.4 Å². The number of carbonyl (C=O) groups excluding carboxylic acids is 1. The number of hydrogen-bond donors (Lipinski definition) is 2. The van der Waals surface area contributed by atoms with Gasteiger partial charge in [-0.3, -0.25) is 4.79 Å². The van der Waals surface area contributed by atoms with Crippen molar-refractivity contribution >= 4 is 45.3 Å². The molecule has 3 aromatic heterocycles. The van der Waals surface area contributed by atoms with E-state index in [1.54, 1.807) is 55.1 Å². The Labute approximate surface area is 239 Å². The minimum absolute atomic E-state index is 0.182. The normalized spacial score (nSPS) is 16.9. The zero-order valence-corrected chi connectivity index (χ0v) is 22.9. The molecule has 0 aliphatic carbocycles. The highest BCUT2D eigenvalue weighted by molar-refractivity contribution is 5.89. The van der Waals surface area contributed by atoms with Crippen molar-refractivity contribution in [3.63, 3.8) is 0 Å². The Balaban J connectivity index is 1.25. The average Bonchev–Trinajstić information content (AvgIpc) is 3.37. The van der Waals surface area contributed by atoms with Gasteiger partial charge in [-0.15, -0.1) is 5.10 Å². The van der Waals surface area contributed by atoms with Crippen molar-refractivity contribution in [3.8, 4) is 11.5 Å². The maximum absolute atomic E-state index is 15.6. The van der Waals surface area contributed by atoms with Crippen LogP contribution in [-0.4, -0.2) is 61.2 Å². The largest absolute Gasteiger partial charge is 0.457 e. The van der Waals surface area contributed by atoms with Crippen molar-refractivity contribution in [1.82, 2.24) is 35.3 Å². The van der Waals surface area contributed by atoms with Crippen LogP contribution in [0.15, 0.2) is 61.4 Å². The summed E-state index contributed by atoms with van der Waals surface area (Å²) in [6, 6.07) is 11.4. The van der Waals surface area contributed by atoms with E-state index >= 15 is 4.39 Å². The van der Waals surface area contributed by atoms with Crippen LogP contribution < -0.4 is 20.3 Å². The summed E-state index contributed by atoms with van der Waals surface area (Å²) in [4.78, 5) is 27.0. The summed E-state index contributed by atoms with van der Waals surface area (Å²) >= 11 is 0. The van der Waals surface area contributed by atoms with E-state index in [-0.39, 0.29) is 18.7 Å². The van der Waals surface area contributed by atoms with Crippen LogP contribution in [0.3, 0.4) is 0 Å². The van der Waals surface area contributed by atoms with Gasteiger partial charge < -0.3 is 20.3 Å². The van der Waals surface area contributed by atoms with Crippen LogP contribution in [0.1, 0.15) is 12.0 Å². The second-order valence-corrected chi connectivity index (χ2v) is 9.97. The molecule has 2 aromatic carbocycles. The molecular formula is C29H27F2N9O2. The number of anilines is 3. The van der Waals surface area contributed by atoms with Crippen LogP contribution in [0.25, 0.3) is 22.1 Å². The Morgan fingerprint density at radius 3 is 2.86 bits per heavy atom. The molecule has 0 radical (unpaired) electrons. The summed E-state index contributed by atoms with van der Waals surface area (Å²) in [7, 11) is 1.80. The van der Waals surface area contributed by atoms with Gasteiger partial charge in [0.2, 0.25) is 5.91 Å². The van der Waals surface area contributed by atoms with Crippen LogP contribution in [0.5, 0.6) is 11.5 Å². The molecule has 11 nitrogen and oxygen atoms in total. The SMILES string of the molecule is C=CC(=O)N[C@H]1CN(c2ccc3ncnc(Nc4ccc(Oc5ccc6c(c5)nnn6C)c(C)c4F)c3n2)CC[C@@H]1F. The molecule has 6 rings (SSSR count). The minimum atomic E-state index is -1.18. The maximum Gasteiger partial charge on any atom is 0.243 e. The Kier molecular flexibility index (Phi) is 7.07. The molecule has 2 atom stereocenters. The van der Waals surface area contributed by atoms with Crippen molar-refractivity contribution in [2.24, 2.45) is 7.05 Å². The lowest BCUT2D eigenvalue weighted by molar-refractivity contribution is -0.117. The standard InChI is InChI=1S/C29H27F2N9O2/c1-4-26(41)34-22-14-40(12-11-18(22)30)25-10-7-20-28(36-25)29(33-15-32-20)35-19-6-9-24(16(2)27(19)31)42-17-5-8-23-21(13-17)37-38-39(23)3/h4-10,13,15,18,22H,1,11-12,14H2,2-3H3,(H,34,41)(H,32,33,35)/t18-,22-/m0/s1. The fourth-order valence-electron chi connectivity index (χ4n) is 4.92. The van der Waals surface area contributed by atoms with Crippen molar-refractivity contribution < 1.29 is 18.3 Å². The van der Waals surface area contributed by atoms with E-state index < -0.39 is 23.9 Å². The summed E-state index contributed by atoms with van der Waals surface area (Å²) in [5, 5.41) is 13.8. The number of nitrogens with one attached hydrogen (secondary N) is 2. The number of hydrogen-bond acceptors (Lipinski definition) is 9. The Hall–Kier alpha value is -5.20. The number of benzene rings is 2. The molecule has 1 aliphatic heterocycles. The van der Waals surface area contributed by atoms with E-state index in [4.69, 9.17) is 9.72 Å². The summed E-state index contributed by atoms with van der Waals surface area (Å²) in [6.45, 7) is 5.70. The first-order chi connectivity index (χ1) is 20.3. The predicted molar refractivity (Wildman–Crippen MR) is 154 cm³/mol. The van der Waals surface area contributed by atoms with Crippen molar-refractivity contribution in [3.05, 3.63) is 72.8 Å². The van der Waals surface area contributed by atoms with Gasteiger partial charge in [0.05, 0.1) is 22.8 Å². The summed E-state index contributed by atoms with van der Waals surface area (Å²) < 4.78 is 37.7. The first kappa shape index (κ1) is 27.0. The topological polar surface area (TPSA) is 123 Å². The lowest BCUT2D eigenvalue weighted by Gasteiger charge is -2.36. The van der Waals surface area contributed by atoms with Crippen molar-refractivity contribution in [1.29, 1.82) is 0 Å². The maximum atomic E-state index is 15.6. The molecule has 2 N–H and O–H groups in total. The number of aromatic nitrogens is 6. The van der Waals surface area contributed by atoms with Gasteiger partial charge in [-0.05, 0) is 55.8 Å². The molecule has 1 aliphatic rings. The molecule has 0 unspecified atom stereocenters. The fourth-order valence-corrected chi connectivity index (χ4v) is 4.92. The number of aryl methyl sites for hydroxylation is 1. The molecule has 0 saturated carbocycles. The number of fused-ring (bicyclic) bond motifs is 2. The van der Waals surface area contributed by atoms with Crippen LogP contribution in [0.4, 0.5) is 26.1 Å². The van der Waals surface area contributed by atoms with E-state index in [9.17, 15) is 9.18 Å². The molecule has 1 fully saturated rings. The molecule has 5 aromatic rings. The number of amides is 1. The second kappa shape index (κ2) is 11.0. The van der Waals surface area contributed by atoms with Gasteiger partial charge in [0, 0.05) is 31.8 Å². The van der Waals surface area contributed by atoms with Gasteiger partial charge in [-0.2, -0.15) is 0 Å². The number of ether oxygens (including phenoxy) is 1. The third-order valence-electron chi connectivity index (χ3n) is 7.23. The third kappa shape index (κ3) is 5.16. The molecule has 1 amide bonds. The van der Waals surface area contributed by atoms with E-state index in [0.29, 0.717) is 51.8 Å². The average molecular weight is 572 g/mol. The number of rotatable bonds is 7. The molecule has 4 heterocycles. The molecule has 0 spiro atoms. The van der Waals surface area contributed by atoms with Crippen LogP contribution in [0, 0.1) is 12.7 Å². The van der Waals surface area contributed by atoms with Gasteiger partial charge in [-0.1, -0.05) is 11.8 Å². The number of alkyl halides is 1. The van der Waals surface area contributed by atoms with Crippen LogP contribution in [0.2, 0.25) is 0 Å². The van der Waals surface area contributed by atoms with E-state index in [0.717, 1.165) is 11.6 Å². The molecular weight excluding hydrogens is 544 g/mol. The first-order valence-electron chi connectivity index (χ1n) is 13.3. The Morgan fingerprint density at radius 1 is 1.17 bits per heavy atom. The Bertz CT molecular complexity index is 1830. The van der Waals surface area contributed by atoms with Gasteiger partial charge >= 0.3 is 0 Å². The third-order valence-corrected chi connectivity index (χ3v) is 7.23. The minimum Gasteiger partial charge on any atom is -0.457 e. The van der Waals surface area contributed by atoms with E-state index in [2.05, 4.69) is 37.5 Å². The van der Waals surface area contributed by atoms with Crippen LogP contribution in [-0.2, 0) is 11.8 Å². The second-order valence-electron chi connectivity index (χ2n) is 9.97. The summed E-state index contributed by atoms with van der Waals surface area (Å²) in [5.74, 6) is 0.777. The summed E-state index contributed by atoms with van der Waals surface area (Å²) in [5.41, 5.74) is 2.96. The van der Waals surface area contributed by atoms with Gasteiger partial charge in [0.1, 0.15) is 40.8 Å². The van der Waals surface area contributed by atoms with Gasteiger partial charge in [0.15, 0.2) is 11.6 Å². The molecule has 214 valence electrons. The number of carbonyl (C=O) groups is 1. The zero-order chi connectivity index (χ0) is 29.4. The van der Waals surface area contributed by atoms with E-state index in [1.165, 1.54) is 6.33 Å². The highest BCUT2D eigenvalue weighted by Crippen LogP contribution is 2.34. The molecule has 0 bridgehead atoms. The zero-order valence-electron chi connectivity index (χ0n) is 22.9. The van der Waals surface area contributed by atoms with Gasteiger partial charge in [0.25, 0.3) is 0 Å². The molecule has 1 saturated heterocycles. The first-order valence-corrected chi connectivity index (χ1v) is 13.3. The number of pyridine rings is 1. The van der Waals surface area contributed by atoms with Crippen LogP contribution >= 0.6 is 0 Å². The van der Waals surface area contributed by atoms with Crippen molar-refractivity contribution in [2.45, 2.75) is 25.6 Å². The highest BCUT2D eigenvalue weighted by atomic mass is 19.1. The number of halogens is 2.